The van der Waals surface area contributed by atoms with Crippen LogP contribution in [0.3, 0.4) is 0 Å². The number of rotatable bonds is 6. The fraction of sp³-hybridized carbons (Fsp3) is 0.320. The van der Waals surface area contributed by atoms with Crippen molar-refractivity contribution in [3.05, 3.63) is 64.3 Å². The first kappa shape index (κ1) is 22.3. The van der Waals surface area contributed by atoms with Gasteiger partial charge in [0, 0.05) is 23.3 Å². The summed E-state index contributed by atoms with van der Waals surface area (Å²) in [6, 6.07) is 5.63. The van der Waals surface area contributed by atoms with E-state index in [1.54, 1.807) is 0 Å². The lowest BCUT2D eigenvalue weighted by molar-refractivity contribution is 0.0839. The van der Waals surface area contributed by atoms with E-state index in [0.29, 0.717) is 29.9 Å². The van der Waals surface area contributed by atoms with Crippen LogP contribution in [0.15, 0.2) is 47.6 Å². The van der Waals surface area contributed by atoms with Crippen LogP contribution in [0.1, 0.15) is 61.7 Å². The summed E-state index contributed by atoms with van der Waals surface area (Å²) in [6.07, 6.45) is 3.58. The van der Waals surface area contributed by atoms with Crippen molar-refractivity contribution in [3.63, 3.8) is 0 Å². The van der Waals surface area contributed by atoms with Crippen molar-refractivity contribution >= 4 is 5.78 Å². The predicted octanol–water partition coefficient (Wildman–Crippen LogP) is 5.36. The highest BCUT2D eigenvalue weighted by atomic mass is 16.5. The molecule has 0 amide bonds. The Morgan fingerprint density at radius 2 is 1.77 bits per heavy atom. The van der Waals surface area contributed by atoms with E-state index < -0.39 is 6.10 Å². The molecule has 2 aromatic rings. The molecule has 6 heteroatoms. The summed E-state index contributed by atoms with van der Waals surface area (Å²) in [6.45, 7) is 8.20. The maximum atomic E-state index is 12.9. The van der Waals surface area contributed by atoms with Crippen LogP contribution >= 0.6 is 0 Å². The van der Waals surface area contributed by atoms with Gasteiger partial charge in [-0.05, 0) is 52.3 Å². The highest BCUT2D eigenvalue weighted by Crippen LogP contribution is 2.47. The van der Waals surface area contributed by atoms with E-state index in [9.17, 15) is 20.1 Å². The van der Waals surface area contributed by atoms with Gasteiger partial charge < -0.3 is 24.8 Å². The van der Waals surface area contributed by atoms with Gasteiger partial charge in [0.05, 0.1) is 6.42 Å². The minimum atomic E-state index is -0.751. The summed E-state index contributed by atoms with van der Waals surface area (Å²) in [4.78, 5) is 12.9. The molecule has 0 aromatic heterocycles. The van der Waals surface area contributed by atoms with Crippen LogP contribution < -0.4 is 9.47 Å². The Bertz CT molecular complexity index is 1060. The average Bonchev–Trinajstić information content (AvgIpc) is 2.66. The Morgan fingerprint density at radius 1 is 1.06 bits per heavy atom. The second-order valence-corrected chi connectivity index (χ2v) is 8.13. The Morgan fingerprint density at radius 3 is 2.42 bits per heavy atom. The smallest absolute Gasteiger partial charge is 0.174 e. The molecule has 0 saturated heterocycles. The Kier molecular flexibility index (Phi) is 6.59. The number of hydrogen-bond donors (Lipinski definition) is 3. The number of benzene rings is 2. The topological polar surface area (TPSA) is 96.2 Å². The molecule has 0 bridgehead atoms. The minimum Gasteiger partial charge on any atom is -0.508 e. The molecule has 1 heterocycles. The number of allylic oxidation sites excluding steroid dienone is 3. The number of carbonyl (C=O) groups excluding carboxylic acids is 1. The van der Waals surface area contributed by atoms with Crippen molar-refractivity contribution in [3.8, 4) is 28.7 Å². The number of phenolic OH excluding ortho intramolecular Hbond substituents is 3. The van der Waals surface area contributed by atoms with Gasteiger partial charge in [-0.25, -0.2) is 0 Å². The first-order valence-corrected chi connectivity index (χ1v) is 10.2. The molecule has 0 saturated carbocycles. The normalized spacial score (nSPS) is 15.0. The van der Waals surface area contributed by atoms with Crippen LogP contribution in [-0.2, 0) is 6.42 Å². The number of ketones is 1. The molecule has 1 aliphatic heterocycles. The molecular weight excluding hydrogens is 396 g/mol. The van der Waals surface area contributed by atoms with Gasteiger partial charge in [0.1, 0.15) is 47.0 Å². The van der Waals surface area contributed by atoms with Crippen molar-refractivity contribution < 1.29 is 29.6 Å². The lowest BCUT2D eigenvalue weighted by Crippen LogP contribution is -2.22. The molecule has 164 valence electrons. The molecule has 1 aliphatic rings. The number of hydrogen-bond acceptors (Lipinski definition) is 6. The second-order valence-electron chi connectivity index (χ2n) is 8.13. The maximum absolute atomic E-state index is 12.9. The van der Waals surface area contributed by atoms with Gasteiger partial charge in [-0.1, -0.05) is 17.2 Å². The SMILES string of the molecule is CC(C)=CCOc1cc(O)c2c(c1CC=C(C)C)O[C@H](c1ccc(O)cc1O)CC2=O. The van der Waals surface area contributed by atoms with Crippen LogP contribution in [0, 0.1) is 0 Å². The van der Waals surface area contributed by atoms with Gasteiger partial charge in [-0.3, -0.25) is 4.79 Å². The zero-order chi connectivity index (χ0) is 22.7. The van der Waals surface area contributed by atoms with Crippen LogP contribution in [0.4, 0.5) is 0 Å². The number of ether oxygens (including phenoxy) is 2. The van der Waals surface area contributed by atoms with E-state index >= 15 is 0 Å². The molecule has 1 atom stereocenters. The van der Waals surface area contributed by atoms with E-state index in [-0.39, 0.29) is 40.8 Å². The third-order valence-electron chi connectivity index (χ3n) is 5.04. The van der Waals surface area contributed by atoms with Crippen molar-refractivity contribution in [1.82, 2.24) is 0 Å². The predicted molar refractivity (Wildman–Crippen MR) is 118 cm³/mol. The van der Waals surface area contributed by atoms with Gasteiger partial charge in [-0.2, -0.15) is 0 Å². The monoisotopic (exact) mass is 424 g/mol. The highest BCUT2D eigenvalue weighted by Gasteiger charge is 2.34. The van der Waals surface area contributed by atoms with E-state index in [4.69, 9.17) is 9.47 Å². The molecule has 0 fully saturated rings. The molecular formula is C25H28O6. The first-order valence-electron chi connectivity index (χ1n) is 10.2. The van der Waals surface area contributed by atoms with Crippen LogP contribution in [0.25, 0.3) is 0 Å². The summed E-state index contributed by atoms with van der Waals surface area (Å²) >= 11 is 0. The highest BCUT2D eigenvalue weighted by molar-refractivity contribution is 6.03. The van der Waals surface area contributed by atoms with E-state index in [1.807, 2.05) is 39.8 Å². The number of Topliss-reactive ketones (excluding diaryl/α,β-unsaturated/α-hetero) is 1. The largest absolute Gasteiger partial charge is 0.508 e. The quantitative estimate of drug-likeness (QED) is 0.540. The number of aromatic hydroxyl groups is 3. The number of fused-ring (bicyclic) bond motifs is 1. The summed E-state index contributed by atoms with van der Waals surface area (Å²) in [7, 11) is 0. The fourth-order valence-electron chi connectivity index (χ4n) is 3.42. The van der Waals surface area contributed by atoms with Gasteiger partial charge in [0.25, 0.3) is 0 Å². The zero-order valence-electron chi connectivity index (χ0n) is 18.2. The van der Waals surface area contributed by atoms with Crippen molar-refractivity contribution in [2.75, 3.05) is 6.61 Å². The molecule has 0 aliphatic carbocycles. The molecule has 6 nitrogen and oxygen atoms in total. The number of phenols is 3. The lowest BCUT2D eigenvalue weighted by atomic mass is 9.92. The molecule has 31 heavy (non-hydrogen) atoms. The average molecular weight is 424 g/mol. The first-order chi connectivity index (χ1) is 14.7. The van der Waals surface area contributed by atoms with E-state index in [0.717, 1.165) is 11.1 Å². The third-order valence-corrected chi connectivity index (χ3v) is 5.04. The lowest BCUT2D eigenvalue weighted by Gasteiger charge is -2.29. The van der Waals surface area contributed by atoms with Crippen LogP contribution in [-0.4, -0.2) is 27.7 Å². The molecule has 0 spiro atoms. The van der Waals surface area contributed by atoms with E-state index in [1.165, 1.54) is 24.3 Å². The second kappa shape index (κ2) is 9.16. The maximum Gasteiger partial charge on any atom is 0.174 e. The molecule has 2 aromatic carbocycles. The summed E-state index contributed by atoms with van der Waals surface area (Å²) in [5.74, 6) is -0.0203. The Balaban J connectivity index is 2.09. The third kappa shape index (κ3) is 5.02. The van der Waals surface area contributed by atoms with Gasteiger partial charge in [-0.15, -0.1) is 0 Å². The summed E-state index contributed by atoms with van der Waals surface area (Å²) in [5, 5.41) is 30.4. The molecule has 0 unspecified atom stereocenters. The van der Waals surface area contributed by atoms with E-state index in [2.05, 4.69) is 0 Å². The molecule has 0 radical (unpaired) electrons. The van der Waals surface area contributed by atoms with Crippen molar-refractivity contribution in [2.24, 2.45) is 0 Å². The summed E-state index contributed by atoms with van der Waals surface area (Å²) < 4.78 is 12.1. The van der Waals surface area contributed by atoms with Gasteiger partial charge in [0.2, 0.25) is 0 Å². The summed E-state index contributed by atoms with van der Waals surface area (Å²) in [5.41, 5.74) is 3.36. The zero-order valence-corrected chi connectivity index (χ0v) is 18.2. The van der Waals surface area contributed by atoms with Crippen LogP contribution in [0.2, 0.25) is 0 Å². The standard InChI is InChI=1S/C25H28O6/c1-14(2)5-7-18-22(30-10-9-15(3)4)12-20(28)24-21(29)13-23(31-25(18)24)17-8-6-16(26)11-19(17)27/h5-6,8-9,11-12,23,26-28H,7,10,13H2,1-4H3/t23-/m0/s1. The minimum absolute atomic E-state index is 0.0427. The Labute approximate surface area is 182 Å². The van der Waals surface area contributed by atoms with Crippen molar-refractivity contribution in [2.45, 2.75) is 46.6 Å². The van der Waals surface area contributed by atoms with Gasteiger partial charge in [0.15, 0.2) is 5.78 Å². The molecule has 3 rings (SSSR count). The number of carbonyl (C=O) groups is 1. The fourth-order valence-corrected chi connectivity index (χ4v) is 3.42. The Hall–Kier alpha value is -3.41. The molecule has 3 N–H and O–H groups in total. The van der Waals surface area contributed by atoms with Crippen molar-refractivity contribution in [1.29, 1.82) is 0 Å². The van der Waals surface area contributed by atoms with Crippen LogP contribution in [0.5, 0.6) is 28.7 Å². The van der Waals surface area contributed by atoms with Gasteiger partial charge >= 0.3 is 0 Å².